The smallest absolute Gasteiger partial charge is 0.239 e. The minimum Gasteiger partial charge on any atom is -0.368 e. The molecule has 0 aromatic carbocycles. The Labute approximate surface area is 143 Å². The Morgan fingerprint density at radius 2 is 2.13 bits per heavy atom. The molecule has 4 rings (SSSR count). The molecule has 0 spiro atoms. The van der Waals surface area contributed by atoms with Gasteiger partial charge in [0.05, 0.1) is 16.4 Å². The van der Waals surface area contributed by atoms with Crippen molar-refractivity contribution >= 4 is 32.7 Å². The molecule has 5 nitrogen and oxygen atoms in total. The normalized spacial score (nSPS) is 18.5. The highest BCUT2D eigenvalue weighted by Gasteiger charge is 2.26. The van der Waals surface area contributed by atoms with Crippen molar-refractivity contribution in [2.75, 3.05) is 18.0 Å². The van der Waals surface area contributed by atoms with Crippen molar-refractivity contribution in [3.8, 4) is 5.69 Å². The van der Waals surface area contributed by atoms with Crippen LogP contribution < -0.4 is 15.2 Å². The molecule has 0 saturated carbocycles. The van der Waals surface area contributed by atoms with Crippen molar-refractivity contribution in [2.24, 2.45) is 5.73 Å². The molecule has 118 valence electrons. The van der Waals surface area contributed by atoms with E-state index in [0.717, 1.165) is 47.1 Å². The van der Waals surface area contributed by atoms with Crippen LogP contribution in [-0.2, 0) is 0 Å². The first-order chi connectivity index (χ1) is 11.2. The number of pyridine rings is 2. The molecule has 6 heteroatoms. The number of aromatic nitrogens is 3. The van der Waals surface area contributed by atoms with Gasteiger partial charge in [-0.25, -0.2) is 4.98 Å². The van der Waals surface area contributed by atoms with Gasteiger partial charge in [0, 0.05) is 37.5 Å². The van der Waals surface area contributed by atoms with E-state index < -0.39 is 0 Å². The van der Waals surface area contributed by atoms with E-state index in [0.29, 0.717) is 0 Å². The summed E-state index contributed by atoms with van der Waals surface area (Å²) in [7, 11) is 0. The second-order valence-electron chi connectivity index (χ2n) is 5.98. The maximum Gasteiger partial charge on any atom is 0.239 e. The molecule has 1 saturated heterocycles. The summed E-state index contributed by atoms with van der Waals surface area (Å²) in [4.78, 5) is 10.2. The van der Waals surface area contributed by atoms with Gasteiger partial charge in [-0.2, -0.15) is 4.57 Å². The van der Waals surface area contributed by atoms with E-state index in [4.69, 9.17) is 5.73 Å². The third-order valence-corrected chi connectivity index (χ3v) is 4.96. The third kappa shape index (κ3) is 2.62. The van der Waals surface area contributed by atoms with Gasteiger partial charge < -0.3 is 15.6 Å². The largest absolute Gasteiger partial charge is 0.368 e. The molecule has 3 N–H and O–H groups in total. The lowest BCUT2D eigenvalue weighted by molar-refractivity contribution is -0.594. The lowest BCUT2D eigenvalue weighted by Gasteiger charge is -2.33. The molecule has 1 atom stereocenters. The summed E-state index contributed by atoms with van der Waals surface area (Å²) >= 11 is 3.70. The number of rotatable bonds is 2. The highest BCUT2D eigenvalue weighted by Crippen LogP contribution is 2.36. The Bertz CT molecular complexity index is 830. The van der Waals surface area contributed by atoms with Gasteiger partial charge in [0.2, 0.25) is 5.69 Å². The van der Waals surface area contributed by atoms with E-state index in [1.807, 2.05) is 30.6 Å². The topological polar surface area (TPSA) is 61.8 Å². The third-order valence-electron chi connectivity index (χ3n) is 4.38. The number of piperidine rings is 1. The number of nitrogens with one attached hydrogen (secondary N) is 1. The molecule has 1 aliphatic heterocycles. The summed E-state index contributed by atoms with van der Waals surface area (Å²) < 4.78 is 3.12. The van der Waals surface area contributed by atoms with Crippen molar-refractivity contribution in [1.82, 2.24) is 9.97 Å². The predicted molar refractivity (Wildman–Crippen MR) is 94.7 cm³/mol. The van der Waals surface area contributed by atoms with Gasteiger partial charge >= 0.3 is 0 Å². The van der Waals surface area contributed by atoms with Crippen molar-refractivity contribution in [1.29, 1.82) is 0 Å². The monoisotopic (exact) mass is 372 g/mol. The number of nitrogens with two attached hydrogens (primary N) is 1. The highest BCUT2D eigenvalue weighted by molar-refractivity contribution is 9.10. The van der Waals surface area contributed by atoms with Crippen LogP contribution in [0.3, 0.4) is 0 Å². The first-order valence-electron chi connectivity index (χ1n) is 7.87. The first-order valence-corrected chi connectivity index (χ1v) is 8.66. The SMILES string of the molecule is N[C@@H]1CCCN(c2c(Br)cnc3[nH]cc(-[n+]4ccccc4)c23)C1. The Morgan fingerprint density at radius 1 is 1.30 bits per heavy atom. The van der Waals surface area contributed by atoms with Gasteiger partial charge in [-0.15, -0.1) is 0 Å². The second kappa shape index (κ2) is 5.94. The Balaban J connectivity index is 1.92. The fourth-order valence-electron chi connectivity index (χ4n) is 3.32. The van der Waals surface area contributed by atoms with Crippen LogP contribution in [0.1, 0.15) is 12.8 Å². The number of fused-ring (bicyclic) bond motifs is 1. The minimum atomic E-state index is 0.227. The molecular weight excluding hydrogens is 354 g/mol. The standard InChI is InChI=1S/C17H19BrN5/c18-13-9-20-17-15(16(13)23-8-4-5-12(19)11-23)14(10-21-17)22-6-2-1-3-7-22/h1-3,6-7,9-10,12H,4-5,8,11,19H2,(H,20,21)/q+1/t12-/m1/s1. The highest BCUT2D eigenvalue weighted by atomic mass is 79.9. The van der Waals surface area contributed by atoms with E-state index >= 15 is 0 Å². The molecule has 0 aliphatic carbocycles. The zero-order chi connectivity index (χ0) is 15.8. The van der Waals surface area contributed by atoms with Gasteiger partial charge in [0.15, 0.2) is 12.4 Å². The maximum atomic E-state index is 6.20. The molecule has 3 aromatic rings. The first kappa shape index (κ1) is 14.7. The number of hydrogen-bond acceptors (Lipinski definition) is 3. The van der Waals surface area contributed by atoms with E-state index in [-0.39, 0.29) is 6.04 Å². The number of halogens is 1. The van der Waals surface area contributed by atoms with Crippen LogP contribution in [0.4, 0.5) is 5.69 Å². The molecule has 23 heavy (non-hydrogen) atoms. The Kier molecular flexibility index (Phi) is 3.79. The minimum absolute atomic E-state index is 0.227. The zero-order valence-corrected chi connectivity index (χ0v) is 14.3. The number of aromatic amines is 1. The molecule has 0 amide bonds. The Hall–Kier alpha value is -1.92. The summed E-state index contributed by atoms with van der Waals surface area (Å²) in [5, 5.41) is 1.13. The van der Waals surface area contributed by atoms with Crippen LogP contribution in [0.25, 0.3) is 16.7 Å². The fourth-order valence-corrected chi connectivity index (χ4v) is 3.88. The zero-order valence-electron chi connectivity index (χ0n) is 12.7. The van der Waals surface area contributed by atoms with Crippen LogP contribution in [0.2, 0.25) is 0 Å². The lowest BCUT2D eigenvalue weighted by atomic mass is 10.1. The number of H-pyrrole nitrogens is 1. The number of hydrogen-bond donors (Lipinski definition) is 2. The summed E-state index contributed by atoms with van der Waals surface area (Å²) in [5.74, 6) is 0. The second-order valence-corrected chi connectivity index (χ2v) is 6.84. The van der Waals surface area contributed by atoms with Gasteiger partial charge in [-0.3, -0.25) is 0 Å². The van der Waals surface area contributed by atoms with Gasteiger partial charge in [-0.05, 0) is 28.8 Å². The molecule has 0 radical (unpaired) electrons. The predicted octanol–water partition coefficient (Wildman–Crippen LogP) is 2.53. The summed E-state index contributed by atoms with van der Waals surface area (Å²) in [5.41, 5.74) is 9.37. The van der Waals surface area contributed by atoms with E-state index in [2.05, 4.69) is 47.8 Å². The van der Waals surface area contributed by atoms with Crippen molar-refractivity contribution in [2.45, 2.75) is 18.9 Å². The molecule has 4 heterocycles. The fraction of sp³-hybridized carbons (Fsp3) is 0.294. The van der Waals surface area contributed by atoms with E-state index in [9.17, 15) is 0 Å². The number of nitrogens with zero attached hydrogens (tertiary/aromatic N) is 3. The molecule has 1 fully saturated rings. The van der Waals surface area contributed by atoms with Crippen molar-refractivity contribution in [3.63, 3.8) is 0 Å². The molecule has 0 unspecified atom stereocenters. The number of anilines is 1. The summed E-state index contributed by atoms with van der Waals surface area (Å²) in [6.45, 7) is 1.90. The van der Waals surface area contributed by atoms with E-state index in [1.54, 1.807) is 0 Å². The molecule has 1 aliphatic rings. The van der Waals surface area contributed by atoms with Gasteiger partial charge in [-0.1, -0.05) is 6.07 Å². The average Bonchev–Trinajstić information content (AvgIpc) is 2.99. The molecular formula is C17H19BrN5+. The average molecular weight is 373 g/mol. The molecule has 3 aromatic heterocycles. The van der Waals surface area contributed by atoms with Crippen molar-refractivity contribution in [3.05, 3.63) is 47.5 Å². The van der Waals surface area contributed by atoms with Crippen LogP contribution >= 0.6 is 15.9 Å². The van der Waals surface area contributed by atoms with Crippen LogP contribution in [0.15, 0.2) is 47.5 Å². The van der Waals surface area contributed by atoms with Crippen LogP contribution in [0, 0.1) is 0 Å². The lowest BCUT2D eigenvalue weighted by Crippen LogP contribution is -2.43. The van der Waals surface area contributed by atoms with Gasteiger partial charge in [0.1, 0.15) is 11.0 Å². The summed E-state index contributed by atoms with van der Waals surface area (Å²) in [6, 6.07) is 6.30. The summed E-state index contributed by atoms with van der Waals surface area (Å²) in [6.07, 6.45) is 10.2. The Morgan fingerprint density at radius 3 is 2.91 bits per heavy atom. The van der Waals surface area contributed by atoms with E-state index in [1.165, 1.54) is 5.69 Å². The van der Waals surface area contributed by atoms with Crippen LogP contribution in [-0.4, -0.2) is 29.1 Å². The molecule has 0 bridgehead atoms. The van der Waals surface area contributed by atoms with Gasteiger partial charge in [0.25, 0.3) is 0 Å². The quantitative estimate of drug-likeness (QED) is 0.679. The maximum absolute atomic E-state index is 6.20. The van der Waals surface area contributed by atoms with Crippen molar-refractivity contribution < 1.29 is 4.57 Å². The van der Waals surface area contributed by atoms with Crippen LogP contribution in [0.5, 0.6) is 0 Å².